The third-order valence-electron chi connectivity index (χ3n) is 4.01. The highest BCUT2D eigenvalue weighted by Gasteiger charge is 2.22. The van der Waals surface area contributed by atoms with Crippen molar-refractivity contribution in [3.63, 3.8) is 0 Å². The van der Waals surface area contributed by atoms with Gasteiger partial charge >= 0.3 is 0 Å². The van der Waals surface area contributed by atoms with Gasteiger partial charge in [-0.2, -0.15) is 0 Å². The standard InChI is InChI=1S/C16H23NO/c1-3-13-5-7-14(8-6-13)15-9-11-17(12-10-15)16(18)4-2/h5-8,15H,3-4,9-12H2,1-2H3. The van der Waals surface area contributed by atoms with Crippen LogP contribution in [0, 0.1) is 0 Å². The average Bonchev–Trinajstić information content (AvgIpc) is 2.47. The van der Waals surface area contributed by atoms with Crippen molar-refractivity contribution in [2.24, 2.45) is 0 Å². The van der Waals surface area contributed by atoms with E-state index >= 15 is 0 Å². The molecular weight excluding hydrogens is 222 g/mol. The molecule has 2 rings (SSSR count). The van der Waals surface area contributed by atoms with E-state index in [4.69, 9.17) is 0 Å². The predicted octanol–water partition coefficient (Wildman–Crippen LogP) is 3.37. The topological polar surface area (TPSA) is 20.3 Å². The Hall–Kier alpha value is -1.31. The summed E-state index contributed by atoms with van der Waals surface area (Å²) in [6.45, 7) is 5.97. The van der Waals surface area contributed by atoms with Crippen molar-refractivity contribution in [3.8, 4) is 0 Å². The summed E-state index contributed by atoms with van der Waals surface area (Å²) in [5, 5.41) is 0. The highest BCUT2D eigenvalue weighted by molar-refractivity contribution is 5.75. The number of carbonyl (C=O) groups is 1. The molecule has 98 valence electrons. The smallest absolute Gasteiger partial charge is 0.222 e. The molecule has 1 saturated heterocycles. The number of carbonyl (C=O) groups excluding carboxylic acids is 1. The SMILES string of the molecule is CCC(=O)N1CCC(c2ccc(CC)cc2)CC1. The van der Waals surface area contributed by atoms with Crippen molar-refractivity contribution < 1.29 is 4.79 Å². The zero-order chi connectivity index (χ0) is 13.0. The van der Waals surface area contributed by atoms with E-state index in [1.807, 2.05) is 11.8 Å². The van der Waals surface area contributed by atoms with Crippen LogP contribution in [-0.4, -0.2) is 23.9 Å². The molecular formula is C16H23NO. The lowest BCUT2D eigenvalue weighted by molar-refractivity contribution is -0.131. The van der Waals surface area contributed by atoms with Crippen molar-refractivity contribution in [1.29, 1.82) is 0 Å². The average molecular weight is 245 g/mol. The van der Waals surface area contributed by atoms with Crippen LogP contribution >= 0.6 is 0 Å². The molecule has 0 spiro atoms. The van der Waals surface area contributed by atoms with Gasteiger partial charge in [0.2, 0.25) is 5.91 Å². The fourth-order valence-electron chi connectivity index (χ4n) is 2.71. The maximum absolute atomic E-state index is 11.6. The molecule has 0 aromatic heterocycles. The lowest BCUT2D eigenvalue weighted by Gasteiger charge is -2.32. The molecule has 1 amide bonds. The van der Waals surface area contributed by atoms with Gasteiger partial charge in [0.05, 0.1) is 0 Å². The van der Waals surface area contributed by atoms with Crippen molar-refractivity contribution in [2.75, 3.05) is 13.1 Å². The quantitative estimate of drug-likeness (QED) is 0.799. The van der Waals surface area contributed by atoms with Gasteiger partial charge in [-0.25, -0.2) is 0 Å². The van der Waals surface area contributed by atoms with E-state index in [0.717, 1.165) is 32.4 Å². The summed E-state index contributed by atoms with van der Waals surface area (Å²) >= 11 is 0. The molecule has 0 radical (unpaired) electrons. The van der Waals surface area contributed by atoms with Crippen LogP contribution in [0.2, 0.25) is 0 Å². The maximum Gasteiger partial charge on any atom is 0.222 e. The Kier molecular flexibility index (Phi) is 4.40. The Labute approximate surface area is 110 Å². The number of hydrogen-bond donors (Lipinski definition) is 0. The molecule has 1 aromatic rings. The molecule has 2 nitrogen and oxygen atoms in total. The molecule has 0 aliphatic carbocycles. The summed E-state index contributed by atoms with van der Waals surface area (Å²) in [5.74, 6) is 0.937. The molecule has 0 saturated carbocycles. The summed E-state index contributed by atoms with van der Waals surface area (Å²) in [6.07, 6.45) is 3.95. The molecule has 0 bridgehead atoms. The Morgan fingerprint density at radius 3 is 2.28 bits per heavy atom. The maximum atomic E-state index is 11.6. The van der Waals surface area contributed by atoms with Crippen LogP contribution in [0.3, 0.4) is 0 Å². The molecule has 1 heterocycles. The third kappa shape index (κ3) is 2.92. The highest BCUT2D eigenvalue weighted by atomic mass is 16.2. The molecule has 18 heavy (non-hydrogen) atoms. The van der Waals surface area contributed by atoms with E-state index in [9.17, 15) is 4.79 Å². The van der Waals surface area contributed by atoms with Crippen LogP contribution in [0.4, 0.5) is 0 Å². The molecule has 0 N–H and O–H groups in total. The first-order valence-corrected chi connectivity index (χ1v) is 7.11. The molecule has 1 aliphatic rings. The van der Waals surface area contributed by atoms with E-state index < -0.39 is 0 Å². The van der Waals surface area contributed by atoms with Gasteiger partial charge in [-0.05, 0) is 36.3 Å². The lowest BCUT2D eigenvalue weighted by Crippen LogP contribution is -2.37. The van der Waals surface area contributed by atoms with Crippen LogP contribution in [0.5, 0.6) is 0 Å². The first kappa shape index (κ1) is 13.1. The minimum atomic E-state index is 0.301. The molecule has 1 aromatic carbocycles. The van der Waals surface area contributed by atoms with Crippen molar-refractivity contribution >= 4 is 5.91 Å². The Bertz CT molecular complexity index is 388. The number of hydrogen-bond acceptors (Lipinski definition) is 1. The fraction of sp³-hybridized carbons (Fsp3) is 0.562. The van der Waals surface area contributed by atoms with E-state index in [2.05, 4.69) is 31.2 Å². The van der Waals surface area contributed by atoms with Crippen molar-refractivity contribution in [2.45, 2.75) is 45.4 Å². The highest BCUT2D eigenvalue weighted by Crippen LogP contribution is 2.28. The van der Waals surface area contributed by atoms with Crippen LogP contribution in [0.25, 0.3) is 0 Å². The van der Waals surface area contributed by atoms with Gasteiger partial charge in [0.1, 0.15) is 0 Å². The zero-order valence-corrected chi connectivity index (χ0v) is 11.5. The number of likely N-dealkylation sites (tertiary alicyclic amines) is 1. The third-order valence-corrected chi connectivity index (χ3v) is 4.01. The van der Waals surface area contributed by atoms with E-state index in [1.165, 1.54) is 11.1 Å². The number of rotatable bonds is 3. The second kappa shape index (κ2) is 6.03. The van der Waals surface area contributed by atoms with Crippen LogP contribution in [0.1, 0.15) is 50.2 Å². The normalized spacial score (nSPS) is 16.9. The monoisotopic (exact) mass is 245 g/mol. The summed E-state index contributed by atoms with van der Waals surface area (Å²) in [4.78, 5) is 13.6. The fourth-order valence-corrected chi connectivity index (χ4v) is 2.71. The van der Waals surface area contributed by atoms with Crippen LogP contribution in [-0.2, 0) is 11.2 Å². The number of nitrogens with zero attached hydrogens (tertiary/aromatic N) is 1. The van der Waals surface area contributed by atoms with Crippen molar-refractivity contribution in [3.05, 3.63) is 35.4 Å². The van der Waals surface area contributed by atoms with Crippen LogP contribution < -0.4 is 0 Å². The number of benzene rings is 1. The molecule has 1 fully saturated rings. The van der Waals surface area contributed by atoms with Gasteiger partial charge in [0.15, 0.2) is 0 Å². The van der Waals surface area contributed by atoms with E-state index in [1.54, 1.807) is 0 Å². The summed E-state index contributed by atoms with van der Waals surface area (Å²) in [6, 6.07) is 9.00. The Morgan fingerprint density at radius 2 is 1.78 bits per heavy atom. The van der Waals surface area contributed by atoms with Gasteiger partial charge < -0.3 is 4.90 Å². The predicted molar refractivity (Wildman–Crippen MR) is 74.7 cm³/mol. The van der Waals surface area contributed by atoms with Crippen LogP contribution in [0.15, 0.2) is 24.3 Å². The summed E-state index contributed by atoms with van der Waals surface area (Å²) in [5.41, 5.74) is 2.84. The van der Waals surface area contributed by atoms with Gasteiger partial charge in [-0.1, -0.05) is 38.1 Å². The molecule has 1 aliphatic heterocycles. The minimum absolute atomic E-state index is 0.301. The van der Waals surface area contributed by atoms with Crippen molar-refractivity contribution in [1.82, 2.24) is 4.90 Å². The minimum Gasteiger partial charge on any atom is -0.343 e. The van der Waals surface area contributed by atoms with E-state index in [-0.39, 0.29) is 0 Å². The van der Waals surface area contributed by atoms with Gasteiger partial charge in [-0.15, -0.1) is 0 Å². The zero-order valence-electron chi connectivity index (χ0n) is 11.5. The summed E-state index contributed by atoms with van der Waals surface area (Å²) in [7, 11) is 0. The molecule has 0 unspecified atom stereocenters. The first-order valence-electron chi connectivity index (χ1n) is 7.11. The number of piperidine rings is 1. The van der Waals surface area contributed by atoms with Gasteiger partial charge in [0, 0.05) is 19.5 Å². The van der Waals surface area contributed by atoms with Gasteiger partial charge in [0.25, 0.3) is 0 Å². The second-order valence-electron chi connectivity index (χ2n) is 5.10. The van der Waals surface area contributed by atoms with E-state index in [0.29, 0.717) is 18.2 Å². The number of amides is 1. The Balaban J connectivity index is 1.94. The number of aryl methyl sites for hydroxylation is 1. The first-order chi connectivity index (χ1) is 8.74. The summed E-state index contributed by atoms with van der Waals surface area (Å²) < 4.78 is 0. The molecule has 2 heteroatoms. The second-order valence-corrected chi connectivity index (χ2v) is 5.10. The molecule has 0 atom stereocenters. The largest absolute Gasteiger partial charge is 0.343 e. The lowest BCUT2D eigenvalue weighted by atomic mass is 9.89. The Morgan fingerprint density at radius 1 is 1.17 bits per heavy atom. The van der Waals surface area contributed by atoms with Gasteiger partial charge in [-0.3, -0.25) is 4.79 Å².